The molecule has 0 saturated carbocycles. The van der Waals surface area contributed by atoms with Gasteiger partial charge < -0.3 is 10.3 Å². The number of nitrogens with one attached hydrogen (secondary N) is 2. The molecule has 29 heavy (non-hydrogen) atoms. The fraction of sp³-hybridized carbons (Fsp3) is 0.174. The van der Waals surface area contributed by atoms with E-state index in [1.54, 1.807) is 23.7 Å². The first-order valence-corrected chi connectivity index (χ1v) is 10.5. The third-order valence-electron chi connectivity index (χ3n) is 5.32. The molecule has 2 heterocycles. The van der Waals surface area contributed by atoms with E-state index in [1.165, 1.54) is 4.70 Å². The molecule has 0 aliphatic heterocycles. The van der Waals surface area contributed by atoms with Crippen LogP contribution in [0.15, 0.2) is 73.1 Å². The molecule has 0 bridgehead atoms. The molecule has 144 valence electrons. The van der Waals surface area contributed by atoms with E-state index in [0.717, 1.165) is 40.4 Å². The van der Waals surface area contributed by atoms with Crippen LogP contribution in [0.5, 0.6) is 0 Å². The van der Waals surface area contributed by atoms with Crippen LogP contribution in [-0.4, -0.2) is 20.9 Å². The Kier molecular flexibility index (Phi) is 4.69. The van der Waals surface area contributed by atoms with Crippen LogP contribution in [0.2, 0.25) is 0 Å². The van der Waals surface area contributed by atoms with E-state index in [9.17, 15) is 4.79 Å². The number of rotatable bonds is 4. The summed E-state index contributed by atoms with van der Waals surface area (Å²) in [5.74, 6) is 0.852. The van der Waals surface area contributed by atoms with Crippen molar-refractivity contribution in [2.45, 2.75) is 18.8 Å². The lowest BCUT2D eigenvalue weighted by Crippen LogP contribution is -2.29. The summed E-state index contributed by atoms with van der Waals surface area (Å²) in [5.41, 5.74) is 2.79. The molecule has 0 radical (unpaired) electrons. The van der Waals surface area contributed by atoms with Crippen molar-refractivity contribution in [2.24, 2.45) is 5.92 Å². The number of imidazole rings is 1. The molecule has 4 aromatic rings. The van der Waals surface area contributed by atoms with Crippen LogP contribution in [-0.2, 0) is 4.79 Å². The van der Waals surface area contributed by atoms with E-state index >= 15 is 0 Å². The maximum absolute atomic E-state index is 13.1. The van der Waals surface area contributed by atoms with Gasteiger partial charge in [0, 0.05) is 29.6 Å². The van der Waals surface area contributed by atoms with Crippen LogP contribution in [0.4, 0.5) is 5.69 Å². The molecule has 0 spiro atoms. The normalized spacial score (nSPS) is 18.8. The van der Waals surface area contributed by atoms with E-state index < -0.39 is 0 Å². The van der Waals surface area contributed by atoms with Crippen LogP contribution in [0.3, 0.4) is 0 Å². The average Bonchev–Trinajstić information content (AvgIpc) is 3.44. The summed E-state index contributed by atoms with van der Waals surface area (Å²) in [7, 11) is 0. The molecule has 1 aliphatic carbocycles. The van der Waals surface area contributed by atoms with Gasteiger partial charge in [-0.3, -0.25) is 4.79 Å². The van der Waals surface area contributed by atoms with Crippen molar-refractivity contribution >= 4 is 33.1 Å². The monoisotopic (exact) mass is 400 g/mol. The summed E-state index contributed by atoms with van der Waals surface area (Å²) in [6.07, 6.45) is 9.37. The van der Waals surface area contributed by atoms with E-state index in [1.807, 2.05) is 42.5 Å². The fourth-order valence-corrected chi connectivity index (χ4v) is 4.94. The van der Waals surface area contributed by atoms with Crippen molar-refractivity contribution in [3.8, 4) is 11.4 Å². The maximum atomic E-state index is 13.1. The summed E-state index contributed by atoms with van der Waals surface area (Å²) in [4.78, 5) is 25.2. The predicted octanol–water partition coefficient (Wildman–Crippen LogP) is 5.37. The third kappa shape index (κ3) is 3.59. The molecular weight excluding hydrogens is 380 g/mol. The van der Waals surface area contributed by atoms with Crippen LogP contribution < -0.4 is 5.32 Å². The molecule has 0 fully saturated rings. The lowest BCUT2D eigenvalue weighted by molar-refractivity contribution is -0.120. The van der Waals surface area contributed by atoms with Crippen LogP contribution in [0.1, 0.15) is 23.8 Å². The minimum Gasteiger partial charge on any atom is -0.345 e. The van der Waals surface area contributed by atoms with E-state index in [2.05, 4.69) is 33.5 Å². The Morgan fingerprint density at radius 3 is 2.69 bits per heavy atom. The standard InChI is InChI=1S/C23H20N4OS/c28-22(26-16-11-9-15(10-12-16)21-24-13-14-25-21)17-5-1-2-6-18(17)23-27-19-7-3-4-8-20(19)29-23/h1-4,7-14,17-18H,5-6H2,(H,24,25)(H,26,28). The van der Waals surface area contributed by atoms with Gasteiger partial charge in [0.05, 0.1) is 21.1 Å². The van der Waals surface area contributed by atoms with Gasteiger partial charge in [0.1, 0.15) is 5.82 Å². The van der Waals surface area contributed by atoms with Crippen molar-refractivity contribution in [3.05, 3.63) is 78.1 Å². The summed E-state index contributed by atoms with van der Waals surface area (Å²) in [6, 6.07) is 15.9. The van der Waals surface area contributed by atoms with Crippen LogP contribution in [0.25, 0.3) is 21.6 Å². The number of thiazole rings is 1. The number of H-pyrrole nitrogens is 1. The Hall–Kier alpha value is -3.25. The molecule has 5 nitrogen and oxygen atoms in total. The quantitative estimate of drug-likeness (QED) is 0.452. The van der Waals surface area contributed by atoms with Gasteiger partial charge in [-0.25, -0.2) is 9.97 Å². The van der Waals surface area contributed by atoms with E-state index in [-0.39, 0.29) is 17.7 Å². The molecule has 0 saturated heterocycles. The Balaban J connectivity index is 1.35. The van der Waals surface area contributed by atoms with Crippen molar-refractivity contribution in [3.63, 3.8) is 0 Å². The SMILES string of the molecule is O=C(Nc1ccc(-c2ncc[nH]2)cc1)C1CC=CCC1c1nc2ccccc2s1. The van der Waals surface area contributed by atoms with Gasteiger partial charge in [-0.15, -0.1) is 11.3 Å². The summed E-state index contributed by atoms with van der Waals surface area (Å²) >= 11 is 1.70. The zero-order valence-corrected chi connectivity index (χ0v) is 16.5. The molecular formula is C23H20N4OS. The van der Waals surface area contributed by atoms with Crippen molar-refractivity contribution in [1.29, 1.82) is 0 Å². The largest absolute Gasteiger partial charge is 0.345 e. The second-order valence-electron chi connectivity index (χ2n) is 7.18. The zero-order valence-electron chi connectivity index (χ0n) is 15.7. The van der Waals surface area contributed by atoms with Crippen molar-refractivity contribution in [2.75, 3.05) is 5.32 Å². The third-order valence-corrected chi connectivity index (χ3v) is 6.49. The number of carbonyl (C=O) groups is 1. The average molecular weight is 401 g/mol. The van der Waals surface area contributed by atoms with Gasteiger partial charge in [0.25, 0.3) is 0 Å². The number of aromatic nitrogens is 3. The van der Waals surface area contributed by atoms with Crippen molar-refractivity contribution in [1.82, 2.24) is 15.0 Å². The number of amides is 1. The smallest absolute Gasteiger partial charge is 0.228 e. The number of fused-ring (bicyclic) bond motifs is 1. The summed E-state index contributed by atoms with van der Waals surface area (Å²) < 4.78 is 1.17. The van der Waals surface area contributed by atoms with Gasteiger partial charge in [0.15, 0.2) is 0 Å². The summed E-state index contributed by atoms with van der Waals surface area (Å²) in [6.45, 7) is 0. The number of nitrogens with zero attached hydrogens (tertiary/aromatic N) is 2. The lowest BCUT2D eigenvalue weighted by Gasteiger charge is -2.26. The van der Waals surface area contributed by atoms with E-state index in [4.69, 9.17) is 4.98 Å². The van der Waals surface area contributed by atoms with Crippen LogP contribution >= 0.6 is 11.3 Å². The Bertz CT molecular complexity index is 1130. The number of para-hydroxylation sites is 1. The predicted molar refractivity (Wildman–Crippen MR) is 117 cm³/mol. The highest BCUT2D eigenvalue weighted by atomic mass is 32.1. The number of anilines is 1. The van der Waals surface area contributed by atoms with Gasteiger partial charge in [0.2, 0.25) is 5.91 Å². The van der Waals surface area contributed by atoms with E-state index in [0.29, 0.717) is 0 Å². The number of hydrogen-bond acceptors (Lipinski definition) is 4. The Morgan fingerprint density at radius 1 is 1.07 bits per heavy atom. The second-order valence-corrected chi connectivity index (χ2v) is 8.24. The second kappa shape index (κ2) is 7.64. The highest BCUT2D eigenvalue weighted by Crippen LogP contribution is 2.39. The molecule has 2 aromatic carbocycles. The number of allylic oxidation sites excluding steroid dienone is 2. The molecule has 2 aromatic heterocycles. The minimum atomic E-state index is -0.120. The number of benzene rings is 2. The molecule has 2 atom stereocenters. The first-order chi connectivity index (χ1) is 14.3. The Morgan fingerprint density at radius 2 is 1.90 bits per heavy atom. The molecule has 2 unspecified atom stereocenters. The molecule has 1 aliphatic rings. The molecule has 6 heteroatoms. The number of carbonyl (C=O) groups excluding carboxylic acids is 1. The highest BCUT2D eigenvalue weighted by molar-refractivity contribution is 7.18. The lowest BCUT2D eigenvalue weighted by atomic mass is 9.82. The first kappa shape index (κ1) is 17.8. The van der Waals surface area contributed by atoms with Gasteiger partial charge in [-0.05, 0) is 49.2 Å². The highest BCUT2D eigenvalue weighted by Gasteiger charge is 2.32. The van der Waals surface area contributed by atoms with Gasteiger partial charge in [-0.1, -0.05) is 24.3 Å². The Labute approximate surface area is 172 Å². The maximum Gasteiger partial charge on any atom is 0.228 e. The fourth-order valence-electron chi connectivity index (χ4n) is 3.80. The summed E-state index contributed by atoms with van der Waals surface area (Å²) in [5, 5.41) is 4.14. The first-order valence-electron chi connectivity index (χ1n) is 9.69. The van der Waals surface area contributed by atoms with Gasteiger partial charge >= 0.3 is 0 Å². The minimum absolute atomic E-state index is 0.0457. The molecule has 2 N–H and O–H groups in total. The molecule has 1 amide bonds. The number of aromatic amines is 1. The topological polar surface area (TPSA) is 70.7 Å². The molecule has 5 rings (SSSR count). The zero-order chi connectivity index (χ0) is 19.6. The van der Waals surface area contributed by atoms with Gasteiger partial charge in [-0.2, -0.15) is 0 Å². The van der Waals surface area contributed by atoms with Crippen LogP contribution in [0, 0.1) is 5.92 Å². The van der Waals surface area contributed by atoms with Crippen molar-refractivity contribution < 1.29 is 4.79 Å². The number of hydrogen-bond donors (Lipinski definition) is 2.